The normalized spacial score (nSPS) is 16.3. The molecule has 2 aromatic carbocycles. The van der Waals surface area contributed by atoms with Crippen molar-refractivity contribution < 1.29 is 17.9 Å². The Labute approximate surface area is 167 Å². The second-order valence-electron chi connectivity index (χ2n) is 6.49. The van der Waals surface area contributed by atoms with Gasteiger partial charge in [-0.3, -0.25) is 4.79 Å². The minimum absolute atomic E-state index is 0.00360. The molecule has 1 amide bonds. The number of nitrogens with one attached hydrogen (secondary N) is 1. The Hall–Kier alpha value is -1.90. The average Bonchev–Trinajstić information content (AvgIpc) is 2.94. The number of fused-ring (bicyclic) bond motifs is 1. The van der Waals surface area contributed by atoms with Crippen LogP contribution in [0.15, 0.2) is 45.8 Å². The van der Waals surface area contributed by atoms with E-state index in [0.29, 0.717) is 22.3 Å². The summed E-state index contributed by atoms with van der Waals surface area (Å²) in [5, 5.41) is 0. The Balaban J connectivity index is 1.92. The second-order valence-corrected chi connectivity index (χ2v) is 9.08. The van der Waals surface area contributed by atoms with Gasteiger partial charge >= 0.3 is 0 Å². The van der Waals surface area contributed by atoms with Gasteiger partial charge in [0.05, 0.1) is 12.0 Å². The predicted molar refractivity (Wildman–Crippen MR) is 107 cm³/mol. The number of benzene rings is 2. The number of ether oxygens (including phenoxy) is 1. The predicted octanol–water partition coefficient (Wildman–Crippen LogP) is 3.23. The van der Waals surface area contributed by atoms with Gasteiger partial charge in [-0.25, -0.2) is 13.1 Å². The summed E-state index contributed by atoms with van der Waals surface area (Å²) in [6.45, 7) is 3.54. The summed E-state index contributed by atoms with van der Waals surface area (Å²) in [7, 11) is -2.25. The lowest BCUT2D eigenvalue weighted by atomic mass is 10.1. The number of carbonyl (C=O) groups is 1. The number of methoxy groups -OCH3 is 1. The highest BCUT2D eigenvalue weighted by Crippen LogP contribution is 2.38. The summed E-state index contributed by atoms with van der Waals surface area (Å²) >= 11 is 3.37. The molecule has 0 aromatic heterocycles. The van der Waals surface area contributed by atoms with Crippen LogP contribution in [0.2, 0.25) is 0 Å². The third-order valence-electron chi connectivity index (χ3n) is 4.62. The molecule has 0 aliphatic carbocycles. The van der Waals surface area contributed by atoms with Crippen LogP contribution < -0.4 is 14.4 Å². The molecular formula is C19H21BrN2O4S. The van der Waals surface area contributed by atoms with Crippen LogP contribution in [0.4, 0.5) is 5.69 Å². The fourth-order valence-electron chi connectivity index (χ4n) is 3.40. The Bertz CT molecular complexity index is 991. The summed E-state index contributed by atoms with van der Waals surface area (Å²) in [5.74, 6) is 0.513. The van der Waals surface area contributed by atoms with Gasteiger partial charge in [-0.05, 0) is 53.0 Å². The number of para-hydroxylation sites is 1. The van der Waals surface area contributed by atoms with Crippen LogP contribution in [0.5, 0.6) is 5.75 Å². The quantitative estimate of drug-likeness (QED) is 0.755. The fourth-order valence-corrected chi connectivity index (χ4v) is 5.52. The summed E-state index contributed by atoms with van der Waals surface area (Å²) in [6.07, 6.45) is 0.697. The summed E-state index contributed by atoms with van der Waals surface area (Å²) in [4.78, 5) is 13.7. The zero-order chi connectivity index (χ0) is 19.8. The Morgan fingerprint density at radius 3 is 2.70 bits per heavy atom. The van der Waals surface area contributed by atoms with E-state index in [2.05, 4.69) is 20.7 Å². The fraction of sp³-hybridized carbons (Fsp3) is 0.316. The van der Waals surface area contributed by atoms with E-state index in [1.54, 1.807) is 36.3 Å². The number of anilines is 1. The molecule has 0 bridgehead atoms. The molecule has 1 aliphatic heterocycles. The molecule has 1 aliphatic rings. The first-order valence-electron chi connectivity index (χ1n) is 8.48. The number of rotatable bonds is 5. The van der Waals surface area contributed by atoms with Gasteiger partial charge in [0.2, 0.25) is 15.9 Å². The maximum Gasteiger partial charge on any atom is 0.242 e. The lowest BCUT2D eigenvalue weighted by Gasteiger charge is -2.21. The number of hydrogen-bond acceptors (Lipinski definition) is 4. The summed E-state index contributed by atoms with van der Waals surface area (Å²) in [6, 6.07) is 10.6. The molecule has 144 valence electrons. The first-order chi connectivity index (χ1) is 12.7. The van der Waals surface area contributed by atoms with Gasteiger partial charge in [0.1, 0.15) is 5.75 Å². The third-order valence-corrected chi connectivity index (χ3v) is 6.98. The largest absolute Gasteiger partial charge is 0.496 e. The number of sulfonamides is 1. The highest BCUT2D eigenvalue weighted by molar-refractivity contribution is 9.10. The van der Waals surface area contributed by atoms with E-state index in [-0.39, 0.29) is 23.4 Å². The Morgan fingerprint density at radius 1 is 1.33 bits per heavy atom. The monoisotopic (exact) mass is 452 g/mol. The van der Waals surface area contributed by atoms with Gasteiger partial charge < -0.3 is 9.64 Å². The molecule has 1 atom stereocenters. The van der Waals surface area contributed by atoms with Crippen LogP contribution in [-0.2, 0) is 27.8 Å². The minimum Gasteiger partial charge on any atom is -0.496 e. The van der Waals surface area contributed by atoms with Crippen molar-refractivity contribution in [3.8, 4) is 5.75 Å². The topological polar surface area (TPSA) is 75.7 Å². The van der Waals surface area contributed by atoms with Crippen LogP contribution in [0.1, 0.15) is 25.0 Å². The van der Waals surface area contributed by atoms with Gasteiger partial charge in [-0.15, -0.1) is 0 Å². The zero-order valence-corrected chi connectivity index (χ0v) is 17.7. The van der Waals surface area contributed by atoms with E-state index in [4.69, 9.17) is 4.74 Å². The highest BCUT2D eigenvalue weighted by atomic mass is 79.9. The maximum absolute atomic E-state index is 12.9. The lowest BCUT2D eigenvalue weighted by molar-refractivity contribution is -0.116. The van der Waals surface area contributed by atoms with E-state index >= 15 is 0 Å². The van der Waals surface area contributed by atoms with E-state index in [9.17, 15) is 13.2 Å². The van der Waals surface area contributed by atoms with Crippen LogP contribution in [0.3, 0.4) is 0 Å². The van der Waals surface area contributed by atoms with Crippen LogP contribution >= 0.6 is 15.9 Å². The summed E-state index contributed by atoms with van der Waals surface area (Å²) in [5.41, 5.74) is 2.34. The van der Waals surface area contributed by atoms with Gasteiger partial charge in [0.15, 0.2) is 0 Å². The lowest BCUT2D eigenvalue weighted by Crippen LogP contribution is -2.33. The van der Waals surface area contributed by atoms with E-state index in [0.717, 1.165) is 11.1 Å². The molecular weight excluding hydrogens is 432 g/mol. The van der Waals surface area contributed by atoms with Crippen LogP contribution in [0, 0.1) is 0 Å². The smallest absolute Gasteiger partial charge is 0.242 e. The number of hydrogen-bond donors (Lipinski definition) is 1. The molecule has 6 nitrogen and oxygen atoms in total. The SMILES string of the molecule is COc1ccccc1CNS(=O)(=O)c1cc2c(cc1Br)CC(C)N2C(C)=O. The minimum atomic E-state index is -3.79. The Morgan fingerprint density at radius 2 is 2.04 bits per heavy atom. The number of amides is 1. The van der Waals surface area contributed by atoms with Crippen molar-refractivity contribution >= 4 is 37.5 Å². The Kier molecular flexibility index (Phi) is 5.60. The van der Waals surface area contributed by atoms with Gasteiger partial charge in [-0.2, -0.15) is 0 Å². The molecule has 0 saturated carbocycles. The van der Waals surface area contributed by atoms with Crippen molar-refractivity contribution in [3.05, 3.63) is 52.0 Å². The zero-order valence-electron chi connectivity index (χ0n) is 15.3. The standard InChI is InChI=1S/C19H21BrN2O4S/c1-12-8-15-9-16(20)19(10-17(15)22(12)13(2)23)27(24,25)21-11-14-6-4-5-7-18(14)26-3/h4-7,9-10,12,21H,8,11H2,1-3H3. The maximum atomic E-state index is 12.9. The summed E-state index contributed by atoms with van der Waals surface area (Å²) < 4.78 is 34.2. The highest BCUT2D eigenvalue weighted by Gasteiger charge is 2.32. The molecule has 8 heteroatoms. The first kappa shape index (κ1) is 19.9. The van der Waals surface area contributed by atoms with Crippen molar-refractivity contribution in [1.82, 2.24) is 4.72 Å². The van der Waals surface area contributed by atoms with Crippen LogP contribution in [0.25, 0.3) is 0 Å². The van der Waals surface area contributed by atoms with Gasteiger partial charge in [0.25, 0.3) is 0 Å². The molecule has 3 rings (SSSR count). The van der Waals surface area contributed by atoms with E-state index in [1.165, 1.54) is 6.92 Å². The second kappa shape index (κ2) is 7.61. The third kappa shape index (κ3) is 3.88. The molecule has 0 fully saturated rings. The number of carbonyl (C=O) groups excluding carboxylic acids is 1. The number of halogens is 1. The van der Waals surface area contributed by atoms with Gasteiger partial charge in [0, 0.05) is 35.2 Å². The molecule has 1 unspecified atom stereocenters. The van der Waals surface area contributed by atoms with Gasteiger partial charge in [-0.1, -0.05) is 18.2 Å². The van der Waals surface area contributed by atoms with Crippen molar-refractivity contribution in [3.63, 3.8) is 0 Å². The molecule has 0 saturated heterocycles. The molecule has 0 radical (unpaired) electrons. The molecule has 27 heavy (non-hydrogen) atoms. The average molecular weight is 453 g/mol. The van der Waals surface area contributed by atoms with E-state index < -0.39 is 10.0 Å². The van der Waals surface area contributed by atoms with Crippen molar-refractivity contribution in [2.45, 2.75) is 37.8 Å². The van der Waals surface area contributed by atoms with Crippen molar-refractivity contribution in [2.75, 3.05) is 12.0 Å². The first-order valence-corrected chi connectivity index (χ1v) is 10.8. The molecule has 1 heterocycles. The van der Waals surface area contributed by atoms with Crippen molar-refractivity contribution in [2.24, 2.45) is 0 Å². The molecule has 1 N–H and O–H groups in total. The van der Waals surface area contributed by atoms with E-state index in [1.807, 2.05) is 19.1 Å². The van der Waals surface area contributed by atoms with Crippen LogP contribution in [-0.4, -0.2) is 27.5 Å². The molecule has 0 spiro atoms. The van der Waals surface area contributed by atoms with Crippen molar-refractivity contribution in [1.29, 1.82) is 0 Å². The number of nitrogens with zero attached hydrogens (tertiary/aromatic N) is 1. The molecule has 2 aromatic rings.